The zero-order chi connectivity index (χ0) is 17.1. The van der Waals surface area contributed by atoms with Crippen molar-refractivity contribution in [3.8, 4) is 11.5 Å². The summed E-state index contributed by atoms with van der Waals surface area (Å²) in [6.07, 6.45) is 1.53. The van der Waals surface area contributed by atoms with Crippen molar-refractivity contribution in [1.29, 1.82) is 0 Å². The summed E-state index contributed by atoms with van der Waals surface area (Å²) in [5.74, 6) is 0.230. The van der Waals surface area contributed by atoms with Crippen molar-refractivity contribution in [3.63, 3.8) is 0 Å². The highest BCUT2D eigenvalue weighted by Crippen LogP contribution is 2.17. The van der Waals surface area contributed by atoms with Gasteiger partial charge in [-0.3, -0.25) is 9.59 Å². The number of furan rings is 1. The molecule has 0 aliphatic heterocycles. The minimum absolute atomic E-state index is 0.166. The van der Waals surface area contributed by atoms with Crippen LogP contribution in [-0.2, 0) is 11.3 Å². The fraction of sp³-hybridized carbons (Fsp3) is 0.167. The summed E-state index contributed by atoms with van der Waals surface area (Å²) in [5, 5.41) is 7.00. The minimum atomic E-state index is -0.346. The highest BCUT2D eigenvalue weighted by Gasteiger charge is 2.10. The van der Waals surface area contributed by atoms with Crippen LogP contribution in [0.15, 0.2) is 57.9 Å². The van der Waals surface area contributed by atoms with E-state index in [1.54, 1.807) is 18.2 Å². The third-order valence-electron chi connectivity index (χ3n) is 3.60. The molecule has 1 aromatic carbocycles. The Labute approximate surface area is 138 Å². The average molecular weight is 323 g/mol. The lowest BCUT2D eigenvalue weighted by atomic mass is 10.1. The van der Waals surface area contributed by atoms with Crippen LogP contribution in [0.1, 0.15) is 11.1 Å². The molecule has 6 nitrogen and oxygen atoms in total. The number of carbonyl (C=O) groups is 1. The molecule has 1 amide bonds. The fourth-order valence-electron chi connectivity index (χ4n) is 2.31. The van der Waals surface area contributed by atoms with Crippen LogP contribution in [-0.4, -0.2) is 15.7 Å². The van der Waals surface area contributed by atoms with E-state index in [-0.39, 0.29) is 18.0 Å². The molecule has 0 spiro atoms. The number of benzene rings is 1. The van der Waals surface area contributed by atoms with Gasteiger partial charge in [-0.15, -0.1) is 0 Å². The van der Waals surface area contributed by atoms with Crippen LogP contribution in [0.25, 0.3) is 11.5 Å². The zero-order valence-corrected chi connectivity index (χ0v) is 13.4. The highest BCUT2D eigenvalue weighted by atomic mass is 16.3. The maximum Gasteiger partial charge on any atom is 0.267 e. The number of hydrogen-bond acceptors (Lipinski definition) is 4. The van der Waals surface area contributed by atoms with Gasteiger partial charge in [-0.2, -0.15) is 5.10 Å². The molecule has 0 bridgehead atoms. The molecule has 2 aromatic heterocycles. The van der Waals surface area contributed by atoms with Crippen LogP contribution < -0.4 is 10.9 Å². The first-order valence-corrected chi connectivity index (χ1v) is 7.52. The van der Waals surface area contributed by atoms with Crippen molar-refractivity contribution in [2.24, 2.45) is 0 Å². The van der Waals surface area contributed by atoms with Crippen LogP contribution in [0.5, 0.6) is 0 Å². The third kappa shape index (κ3) is 3.43. The average Bonchev–Trinajstić information content (AvgIpc) is 3.07. The summed E-state index contributed by atoms with van der Waals surface area (Å²) >= 11 is 0. The molecular formula is C18H17N3O3. The standard InChI is InChI=1S/C18H17N3O3/c1-12-5-6-13(2)15(10-12)19-17(22)11-21-18(23)8-7-14(20-21)16-4-3-9-24-16/h3-10H,11H2,1-2H3,(H,19,22). The number of nitrogens with one attached hydrogen (secondary N) is 1. The van der Waals surface area contributed by atoms with Gasteiger partial charge in [0.25, 0.3) is 5.56 Å². The molecule has 0 fully saturated rings. The third-order valence-corrected chi connectivity index (χ3v) is 3.60. The summed E-state index contributed by atoms with van der Waals surface area (Å²) in [7, 11) is 0. The topological polar surface area (TPSA) is 77.1 Å². The maximum absolute atomic E-state index is 12.3. The van der Waals surface area contributed by atoms with Gasteiger partial charge in [0.05, 0.1) is 6.26 Å². The Morgan fingerprint density at radius 3 is 2.79 bits per heavy atom. The van der Waals surface area contributed by atoms with Gasteiger partial charge in [-0.25, -0.2) is 4.68 Å². The van der Waals surface area contributed by atoms with Crippen LogP contribution in [0, 0.1) is 13.8 Å². The van der Waals surface area contributed by atoms with Gasteiger partial charge in [-0.1, -0.05) is 12.1 Å². The normalized spacial score (nSPS) is 10.6. The van der Waals surface area contributed by atoms with E-state index >= 15 is 0 Å². The van der Waals surface area contributed by atoms with E-state index < -0.39 is 0 Å². The molecule has 0 aliphatic carbocycles. The quantitative estimate of drug-likeness (QED) is 0.801. The first kappa shape index (κ1) is 15.7. The lowest BCUT2D eigenvalue weighted by Crippen LogP contribution is -2.29. The first-order chi connectivity index (χ1) is 11.5. The monoisotopic (exact) mass is 323 g/mol. The predicted octanol–water partition coefficient (Wildman–Crippen LogP) is 2.76. The van der Waals surface area contributed by atoms with Gasteiger partial charge in [0.15, 0.2) is 5.76 Å². The van der Waals surface area contributed by atoms with Crippen molar-refractivity contribution in [1.82, 2.24) is 9.78 Å². The fourth-order valence-corrected chi connectivity index (χ4v) is 2.31. The van der Waals surface area contributed by atoms with E-state index in [0.717, 1.165) is 21.5 Å². The molecule has 3 rings (SSSR count). The van der Waals surface area contributed by atoms with E-state index in [2.05, 4.69) is 10.4 Å². The Kier molecular flexibility index (Phi) is 4.29. The number of amides is 1. The molecule has 0 atom stereocenters. The Balaban J connectivity index is 1.80. The van der Waals surface area contributed by atoms with Gasteiger partial charge >= 0.3 is 0 Å². The summed E-state index contributed by atoms with van der Waals surface area (Å²) in [6.45, 7) is 3.70. The molecule has 0 saturated heterocycles. The first-order valence-electron chi connectivity index (χ1n) is 7.52. The van der Waals surface area contributed by atoms with Gasteiger partial charge in [0, 0.05) is 11.8 Å². The van der Waals surface area contributed by atoms with E-state index in [9.17, 15) is 9.59 Å². The Morgan fingerprint density at radius 1 is 1.21 bits per heavy atom. The smallest absolute Gasteiger partial charge is 0.267 e. The number of carbonyl (C=O) groups excluding carboxylic acids is 1. The second kappa shape index (κ2) is 6.54. The number of hydrogen-bond donors (Lipinski definition) is 1. The van der Waals surface area contributed by atoms with Crippen molar-refractivity contribution < 1.29 is 9.21 Å². The van der Waals surface area contributed by atoms with Crippen LogP contribution in [0.2, 0.25) is 0 Å². The lowest BCUT2D eigenvalue weighted by molar-refractivity contribution is -0.117. The molecule has 6 heteroatoms. The molecule has 1 N–H and O–H groups in total. The van der Waals surface area contributed by atoms with Crippen LogP contribution in [0.4, 0.5) is 5.69 Å². The summed E-state index contributed by atoms with van der Waals surface area (Å²) in [6, 6.07) is 12.2. The molecule has 0 unspecified atom stereocenters. The highest BCUT2D eigenvalue weighted by molar-refractivity contribution is 5.91. The molecule has 0 saturated carbocycles. The van der Waals surface area contributed by atoms with Crippen LogP contribution >= 0.6 is 0 Å². The van der Waals surface area contributed by atoms with Crippen molar-refractivity contribution in [3.05, 3.63) is 70.2 Å². The van der Waals surface area contributed by atoms with Crippen molar-refractivity contribution >= 4 is 11.6 Å². The number of aromatic nitrogens is 2. The zero-order valence-electron chi connectivity index (χ0n) is 13.4. The van der Waals surface area contributed by atoms with Crippen molar-refractivity contribution in [2.75, 3.05) is 5.32 Å². The summed E-state index contributed by atoms with van der Waals surface area (Å²) in [5.41, 5.74) is 2.89. The van der Waals surface area contributed by atoms with E-state index in [4.69, 9.17) is 4.42 Å². The minimum Gasteiger partial charge on any atom is -0.463 e. The Bertz CT molecular complexity index is 927. The molecular weight excluding hydrogens is 306 g/mol. The predicted molar refractivity (Wildman–Crippen MR) is 90.7 cm³/mol. The van der Waals surface area contributed by atoms with E-state index in [0.29, 0.717) is 11.5 Å². The number of rotatable bonds is 4. The lowest BCUT2D eigenvalue weighted by Gasteiger charge is -2.10. The Morgan fingerprint density at radius 2 is 2.04 bits per heavy atom. The maximum atomic E-state index is 12.3. The molecule has 122 valence electrons. The van der Waals surface area contributed by atoms with E-state index in [1.807, 2.05) is 32.0 Å². The molecule has 24 heavy (non-hydrogen) atoms. The summed E-state index contributed by atoms with van der Waals surface area (Å²) in [4.78, 5) is 24.2. The van der Waals surface area contributed by atoms with Crippen molar-refractivity contribution in [2.45, 2.75) is 20.4 Å². The van der Waals surface area contributed by atoms with Gasteiger partial charge < -0.3 is 9.73 Å². The molecule has 0 radical (unpaired) electrons. The number of nitrogens with zero attached hydrogens (tertiary/aromatic N) is 2. The second-order valence-electron chi connectivity index (χ2n) is 5.56. The van der Waals surface area contributed by atoms with E-state index in [1.165, 1.54) is 12.3 Å². The Hall–Kier alpha value is -3.15. The number of aryl methyl sites for hydroxylation is 2. The van der Waals surface area contributed by atoms with Gasteiger partial charge in [0.1, 0.15) is 12.2 Å². The molecule has 3 aromatic rings. The largest absolute Gasteiger partial charge is 0.463 e. The van der Waals surface area contributed by atoms with Crippen LogP contribution in [0.3, 0.4) is 0 Å². The summed E-state index contributed by atoms with van der Waals surface area (Å²) < 4.78 is 6.39. The number of anilines is 1. The SMILES string of the molecule is Cc1ccc(C)c(NC(=O)Cn2nc(-c3ccco3)ccc2=O)c1. The molecule has 0 aliphatic rings. The van der Waals surface area contributed by atoms with Gasteiger partial charge in [-0.05, 0) is 49.2 Å². The second-order valence-corrected chi connectivity index (χ2v) is 5.56. The van der Waals surface area contributed by atoms with Gasteiger partial charge in [0.2, 0.25) is 5.91 Å². The molecule has 2 heterocycles.